The summed E-state index contributed by atoms with van der Waals surface area (Å²) in [7, 11) is 0. The molecule has 0 bridgehead atoms. The summed E-state index contributed by atoms with van der Waals surface area (Å²) >= 11 is 0. The first-order valence-electron chi connectivity index (χ1n) is 7.31. The van der Waals surface area contributed by atoms with Crippen LogP contribution in [0, 0.1) is 6.92 Å². The van der Waals surface area contributed by atoms with Crippen molar-refractivity contribution >= 4 is 23.3 Å². The molecule has 0 radical (unpaired) electrons. The van der Waals surface area contributed by atoms with Gasteiger partial charge in [-0.3, -0.25) is 9.69 Å². The van der Waals surface area contributed by atoms with Gasteiger partial charge in [0.15, 0.2) is 0 Å². The maximum Gasteiger partial charge on any atom is 0.321 e. The Morgan fingerprint density at radius 1 is 1.22 bits per heavy atom. The molecule has 3 N–H and O–H groups in total. The van der Waals surface area contributed by atoms with Gasteiger partial charge in [-0.2, -0.15) is 0 Å². The number of carbonyl (C=O) groups is 2. The quantitative estimate of drug-likeness (QED) is 0.814. The number of rotatable bonds is 3. The minimum atomic E-state index is -0.380. The molecule has 1 saturated heterocycles. The normalized spacial score (nSPS) is 13.8. The largest absolute Gasteiger partial charge is 0.507 e. The fraction of sp³-hybridized carbons (Fsp3) is 0.176. The van der Waals surface area contributed by atoms with Crippen molar-refractivity contribution in [3.63, 3.8) is 0 Å². The van der Waals surface area contributed by atoms with Gasteiger partial charge in [0.05, 0.1) is 5.56 Å². The Morgan fingerprint density at radius 3 is 2.57 bits per heavy atom. The Bertz CT molecular complexity index is 756. The van der Waals surface area contributed by atoms with E-state index in [9.17, 15) is 14.7 Å². The minimum Gasteiger partial charge on any atom is -0.507 e. The van der Waals surface area contributed by atoms with E-state index in [1.807, 2.05) is 6.92 Å². The molecular formula is C17H17N3O3. The molecule has 0 atom stereocenters. The third-order valence-corrected chi connectivity index (χ3v) is 3.69. The molecule has 1 heterocycles. The first-order chi connectivity index (χ1) is 11.0. The summed E-state index contributed by atoms with van der Waals surface area (Å²) in [6.07, 6.45) is 0. The highest BCUT2D eigenvalue weighted by molar-refractivity contribution is 6.06. The molecule has 3 rings (SSSR count). The molecule has 6 nitrogen and oxygen atoms in total. The first-order valence-corrected chi connectivity index (χ1v) is 7.31. The predicted octanol–water partition coefficient (Wildman–Crippen LogP) is 2.48. The maximum absolute atomic E-state index is 12.2. The zero-order valence-corrected chi connectivity index (χ0v) is 12.7. The number of amides is 3. The zero-order valence-electron chi connectivity index (χ0n) is 12.7. The second-order valence-electron chi connectivity index (χ2n) is 5.41. The van der Waals surface area contributed by atoms with Crippen LogP contribution in [0.25, 0.3) is 0 Å². The lowest BCUT2D eigenvalue weighted by atomic mass is 10.1. The van der Waals surface area contributed by atoms with E-state index in [0.717, 1.165) is 11.3 Å². The smallest absolute Gasteiger partial charge is 0.321 e. The summed E-state index contributed by atoms with van der Waals surface area (Å²) in [6.45, 7) is 3.10. The zero-order chi connectivity index (χ0) is 16.4. The topological polar surface area (TPSA) is 81.7 Å². The molecule has 0 aromatic heterocycles. The summed E-state index contributed by atoms with van der Waals surface area (Å²) < 4.78 is 0. The highest BCUT2D eigenvalue weighted by Crippen LogP contribution is 2.22. The Hall–Kier alpha value is -3.02. The number of hydrogen-bond acceptors (Lipinski definition) is 3. The number of carbonyl (C=O) groups excluding carboxylic acids is 2. The lowest BCUT2D eigenvalue weighted by molar-refractivity contribution is 0.102. The molecular weight excluding hydrogens is 294 g/mol. The second kappa shape index (κ2) is 6.00. The van der Waals surface area contributed by atoms with Gasteiger partial charge in [0.25, 0.3) is 5.91 Å². The summed E-state index contributed by atoms with van der Waals surface area (Å²) in [5, 5.41) is 15.3. The number of urea groups is 1. The SMILES string of the molecule is Cc1ccc(C(=O)Nc2ccc(N3CCNC3=O)cc2)c(O)c1. The molecule has 0 saturated carbocycles. The van der Waals surface area contributed by atoms with Crippen molar-refractivity contribution in [3.8, 4) is 5.75 Å². The highest BCUT2D eigenvalue weighted by atomic mass is 16.3. The van der Waals surface area contributed by atoms with Crippen molar-refractivity contribution in [2.24, 2.45) is 0 Å². The van der Waals surface area contributed by atoms with Crippen LogP contribution in [0.5, 0.6) is 5.75 Å². The van der Waals surface area contributed by atoms with Crippen LogP contribution >= 0.6 is 0 Å². The van der Waals surface area contributed by atoms with Crippen LogP contribution in [0.3, 0.4) is 0 Å². The molecule has 2 aromatic carbocycles. The fourth-order valence-corrected chi connectivity index (χ4v) is 2.47. The van der Waals surface area contributed by atoms with Crippen molar-refractivity contribution in [3.05, 3.63) is 53.6 Å². The van der Waals surface area contributed by atoms with E-state index >= 15 is 0 Å². The van der Waals surface area contributed by atoms with Crippen molar-refractivity contribution < 1.29 is 14.7 Å². The van der Waals surface area contributed by atoms with Gasteiger partial charge >= 0.3 is 6.03 Å². The second-order valence-corrected chi connectivity index (χ2v) is 5.41. The Balaban J connectivity index is 1.73. The number of nitrogens with one attached hydrogen (secondary N) is 2. The van der Waals surface area contributed by atoms with Crippen molar-refractivity contribution in [2.75, 3.05) is 23.3 Å². The van der Waals surface area contributed by atoms with Crippen molar-refractivity contribution in [1.82, 2.24) is 5.32 Å². The number of nitrogens with zero attached hydrogens (tertiary/aromatic N) is 1. The summed E-state index contributed by atoms with van der Waals surface area (Å²) in [5.74, 6) is -0.429. The van der Waals surface area contributed by atoms with Gasteiger partial charge in [-0.25, -0.2) is 4.79 Å². The standard InChI is InChI=1S/C17H17N3O3/c1-11-2-7-14(15(21)10-11)16(22)19-12-3-5-13(6-4-12)20-9-8-18-17(20)23/h2-7,10,21H,8-9H2,1H3,(H,18,23)(H,19,22). The summed E-state index contributed by atoms with van der Waals surface area (Å²) in [5.41, 5.74) is 2.47. The Labute approximate surface area is 133 Å². The van der Waals surface area contributed by atoms with Gasteiger partial charge in [0.1, 0.15) is 5.75 Å². The lowest BCUT2D eigenvalue weighted by Gasteiger charge is -2.15. The van der Waals surface area contributed by atoms with Crippen LogP contribution in [-0.2, 0) is 0 Å². The van der Waals surface area contributed by atoms with E-state index in [0.29, 0.717) is 18.8 Å². The molecule has 2 aromatic rings. The monoisotopic (exact) mass is 311 g/mol. The predicted molar refractivity (Wildman–Crippen MR) is 88.0 cm³/mol. The Morgan fingerprint density at radius 2 is 1.96 bits per heavy atom. The van der Waals surface area contributed by atoms with Crippen LogP contribution in [0.2, 0.25) is 0 Å². The molecule has 0 spiro atoms. The van der Waals surface area contributed by atoms with E-state index in [1.54, 1.807) is 47.4 Å². The van der Waals surface area contributed by atoms with Crippen LogP contribution < -0.4 is 15.5 Å². The number of aryl methyl sites for hydroxylation is 1. The van der Waals surface area contributed by atoms with E-state index in [1.165, 1.54) is 0 Å². The van der Waals surface area contributed by atoms with Crippen LogP contribution in [0.4, 0.5) is 16.2 Å². The molecule has 6 heteroatoms. The number of anilines is 2. The summed E-state index contributed by atoms with van der Waals surface area (Å²) in [4.78, 5) is 25.4. The molecule has 3 amide bonds. The van der Waals surface area contributed by atoms with Crippen LogP contribution in [0.1, 0.15) is 15.9 Å². The Kier molecular flexibility index (Phi) is 3.89. The molecule has 0 unspecified atom stereocenters. The number of phenols is 1. The molecule has 1 aliphatic heterocycles. The van der Waals surface area contributed by atoms with Gasteiger partial charge in [0.2, 0.25) is 0 Å². The molecule has 0 aliphatic carbocycles. The maximum atomic E-state index is 12.2. The minimum absolute atomic E-state index is 0.0483. The highest BCUT2D eigenvalue weighted by Gasteiger charge is 2.20. The van der Waals surface area contributed by atoms with E-state index < -0.39 is 0 Å². The van der Waals surface area contributed by atoms with Crippen molar-refractivity contribution in [2.45, 2.75) is 6.92 Å². The third kappa shape index (κ3) is 3.11. The van der Waals surface area contributed by atoms with Crippen LogP contribution in [-0.4, -0.2) is 30.1 Å². The van der Waals surface area contributed by atoms with Gasteiger partial charge in [-0.15, -0.1) is 0 Å². The van der Waals surface area contributed by atoms with Gasteiger partial charge in [-0.05, 0) is 48.9 Å². The summed E-state index contributed by atoms with van der Waals surface area (Å²) in [6, 6.07) is 11.8. The van der Waals surface area contributed by atoms with Crippen molar-refractivity contribution in [1.29, 1.82) is 0 Å². The van der Waals surface area contributed by atoms with E-state index in [4.69, 9.17) is 0 Å². The average molecular weight is 311 g/mol. The number of aromatic hydroxyl groups is 1. The van der Waals surface area contributed by atoms with Gasteiger partial charge in [-0.1, -0.05) is 6.07 Å². The van der Waals surface area contributed by atoms with Crippen LogP contribution in [0.15, 0.2) is 42.5 Å². The first kappa shape index (κ1) is 14.9. The van der Waals surface area contributed by atoms with Gasteiger partial charge < -0.3 is 15.7 Å². The average Bonchev–Trinajstić information content (AvgIpc) is 2.94. The molecule has 1 fully saturated rings. The number of phenolic OH excluding ortho intramolecular Hbond substituents is 1. The van der Waals surface area contributed by atoms with E-state index in [-0.39, 0.29) is 23.3 Å². The number of hydrogen-bond donors (Lipinski definition) is 3. The third-order valence-electron chi connectivity index (χ3n) is 3.69. The molecule has 118 valence electrons. The molecule has 23 heavy (non-hydrogen) atoms. The number of benzene rings is 2. The van der Waals surface area contributed by atoms with E-state index in [2.05, 4.69) is 10.6 Å². The fourth-order valence-electron chi connectivity index (χ4n) is 2.47. The van der Waals surface area contributed by atoms with Gasteiger partial charge in [0, 0.05) is 24.5 Å². The lowest BCUT2D eigenvalue weighted by Crippen LogP contribution is -2.27. The molecule has 1 aliphatic rings.